The fourth-order valence-corrected chi connectivity index (χ4v) is 2.16. The number of hydrogen-bond donors (Lipinski definition) is 1. The minimum Gasteiger partial charge on any atom is -0.484 e. The van der Waals surface area contributed by atoms with E-state index in [9.17, 15) is 14.9 Å². The van der Waals surface area contributed by atoms with Crippen molar-refractivity contribution in [3.63, 3.8) is 0 Å². The van der Waals surface area contributed by atoms with Crippen molar-refractivity contribution in [2.24, 2.45) is 0 Å². The van der Waals surface area contributed by atoms with E-state index in [1.54, 1.807) is 48.8 Å². The maximum Gasteiger partial charge on any atom is 0.269 e. The number of carbonyl (C=O) groups is 1. The van der Waals surface area contributed by atoms with Crippen LogP contribution in [0.25, 0.3) is 0 Å². The third-order valence-electron chi connectivity index (χ3n) is 3.44. The highest BCUT2D eigenvalue weighted by atomic mass is 16.6. The third kappa shape index (κ3) is 5.27. The Morgan fingerprint density at radius 2 is 1.52 bits per heavy atom. The van der Waals surface area contributed by atoms with Gasteiger partial charge in [0.15, 0.2) is 6.61 Å². The van der Waals surface area contributed by atoms with Crippen LogP contribution < -0.4 is 14.8 Å². The molecule has 0 fully saturated rings. The molecule has 0 saturated heterocycles. The van der Waals surface area contributed by atoms with Gasteiger partial charge >= 0.3 is 0 Å². The van der Waals surface area contributed by atoms with Gasteiger partial charge in [-0.3, -0.25) is 19.9 Å². The highest BCUT2D eigenvalue weighted by Crippen LogP contribution is 2.22. The van der Waals surface area contributed by atoms with E-state index in [0.29, 0.717) is 22.9 Å². The smallest absolute Gasteiger partial charge is 0.269 e. The minimum absolute atomic E-state index is 0.0409. The molecule has 0 unspecified atom stereocenters. The zero-order chi connectivity index (χ0) is 19.1. The van der Waals surface area contributed by atoms with E-state index in [4.69, 9.17) is 9.47 Å². The average Bonchev–Trinajstić information content (AvgIpc) is 2.69. The van der Waals surface area contributed by atoms with E-state index in [-0.39, 0.29) is 18.2 Å². The van der Waals surface area contributed by atoms with Crippen molar-refractivity contribution in [3.8, 4) is 17.2 Å². The Morgan fingerprint density at radius 3 is 2.15 bits per heavy atom. The first kappa shape index (κ1) is 17.9. The van der Waals surface area contributed by atoms with Crippen molar-refractivity contribution in [2.45, 2.75) is 0 Å². The summed E-state index contributed by atoms with van der Waals surface area (Å²) < 4.78 is 11.0. The quantitative estimate of drug-likeness (QED) is 0.504. The normalized spacial score (nSPS) is 10.1. The van der Waals surface area contributed by atoms with E-state index in [2.05, 4.69) is 10.3 Å². The van der Waals surface area contributed by atoms with E-state index < -0.39 is 4.92 Å². The van der Waals surface area contributed by atoms with Crippen LogP contribution in [0.2, 0.25) is 0 Å². The fourth-order valence-electron chi connectivity index (χ4n) is 2.16. The van der Waals surface area contributed by atoms with Crippen molar-refractivity contribution in [1.82, 2.24) is 4.98 Å². The molecule has 1 N–H and O–H groups in total. The number of hydrogen-bond acceptors (Lipinski definition) is 6. The lowest BCUT2D eigenvalue weighted by molar-refractivity contribution is -0.384. The first-order valence-electron chi connectivity index (χ1n) is 7.95. The number of amides is 1. The van der Waals surface area contributed by atoms with E-state index >= 15 is 0 Å². The summed E-state index contributed by atoms with van der Waals surface area (Å²) in [5.41, 5.74) is 0.551. The first-order valence-corrected chi connectivity index (χ1v) is 7.95. The summed E-state index contributed by atoms with van der Waals surface area (Å²) in [5.74, 6) is 1.31. The molecule has 0 radical (unpaired) electrons. The molecule has 2 aromatic carbocycles. The van der Waals surface area contributed by atoms with E-state index in [1.807, 2.05) is 0 Å². The minimum atomic E-state index is -0.501. The Labute approximate surface area is 154 Å². The fraction of sp³-hybridized carbons (Fsp3) is 0.0526. The van der Waals surface area contributed by atoms with E-state index in [1.165, 1.54) is 24.3 Å². The van der Waals surface area contributed by atoms with Crippen LogP contribution in [0.3, 0.4) is 0 Å². The maximum atomic E-state index is 12.0. The van der Waals surface area contributed by atoms with Gasteiger partial charge in [0.1, 0.15) is 17.2 Å². The van der Waals surface area contributed by atoms with Crippen LogP contribution in [0.1, 0.15) is 0 Å². The summed E-state index contributed by atoms with van der Waals surface area (Å²) in [4.78, 5) is 26.0. The summed E-state index contributed by atoms with van der Waals surface area (Å²) >= 11 is 0. The predicted octanol–water partition coefficient (Wildman–Crippen LogP) is 3.80. The number of aromatic nitrogens is 1. The molecule has 3 aromatic rings. The van der Waals surface area contributed by atoms with Crippen LogP contribution in [-0.4, -0.2) is 22.4 Å². The molecular weight excluding hydrogens is 350 g/mol. The predicted molar refractivity (Wildman–Crippen MR) is 98.0 cm³/mol. The monoisotopic (exact) mass is 365 g/mol. The standard InChI is InChI=1S/C19H15N3O5/c23-19(13-26-16-7-3-15(4-8-16)22(24)25)21-14-1-5-17(6-2-14)27-18-9-11-20-12-10-18/h1-12H,13H2,(H,21,23). The van der Waals surface area contributed by atoms with Gasteiger partial charge in [0, 0.05) is 30.2 Å². The number of nitrogens with one attached hydrogen (secondary N) is 1. The number of nitro groups is 1. The molecule has 27 heavy (non-hydrogen) atoms. The molecule has 3 rings (SSSR count). The van der Waals surface area contributed by atoms with Crippen LogP contribution in [0.5, 0.6) is 17.2 Å². The molecule has 0 spiro atoms. The van der Waals surface area contributed by atoms with Gasteiger partial charge in [-0.15, -0.1) is 0 Å². The zero-order valence-corrected chi connectivity index (χ0v) is 14.1. The van der Waals surface area contributed by atoms with Crippen LogP contribution in [0.4, 0.5) is 11.4 Å². The second kappa shape index (κ2) is 8.43. The van der Waals surface area contributed by atoms with E-state index in [0.717, 1.165) is 0 Å². The number of pyridine rings is 1. The number of rotatable bonds is 7. The molecule has 1 amide bonds. The molecule has 136 valence electrons. The molecule has 0 aliphatic carbocycles. The lowest BCUT2D eigenvalue weighted by Gasteiger charge is -2.09. The van der Waals surface area contributed by atoms with Gasteiger partial charge in [-0.2, -0.15) is 0 Å². The first-order chi connectivity index (χ1) is 13.1. The molecule has 0 saturated carbocycles. The second-order valence-electron chi connectivity index (χ2n) is 5.40. The molecular formula is C19H15N3O5. The summed E-state index contributed by atoms with van der Waals surface area (Å²) in [7, 11) is 0. The number of anilines is 1. The molecule has 8 heteroatoms. The maximum absolute atomic E-state index is 12.0. The van der Waals surface area contributed by atoms with Gasteiger partial charge in [-0.05, 0) is 48.5 Å². The molecule has 0 aliphatic heterocycles. The Morgan fingerprint density at radius 1 is 0.926 bits per heavy atom. The largest absolute Gasteiger partial charge is 0.484 e. The Bertz CT molecular complexity index is 912. The summed E-state index contributed by atoms with van der Waals surface area (Å²) in [6.45, 7) is -0.215. The lowest BCUT2D eigenvalue weighted by Crippen LogP contribution is -2.20. The number of nitro benzene ring substituents is 1. The molecule has 8 nitrogen and oxygen atoms in total. The Balaban J connectivity index is 1.49. The van der Waals surface area contributed by atoms with Gasteiger partial charge in [0.2, 0.25) is 0 Å². The average molecular weight is 365 g/mol. The molecule has 0 atom stereocenters. The number of non-ortho nitro benzene ring substituents is 1. The van der Waals surface area contributed by atoms with Crippen molar-refractivity contribution in [2.75, 3.05) is 11.9 Å². The van der Waals surface area contributed by atoms with Crippen molar-refractivity contribution in [1.29, 1.82) is 0 Å². The van der Waals surface area contributed by atoms with Crippen molar-refractivity contribution < 1.29 is 19.2 Å². The molecule has 0 aliphatic rings. The SMILES string of the molecule is O=C(COc1ccc([N+](=O)[O-])cc1)Nc1ccc(Oc2ccncc2)cc1. The van der Waals surface area contributed by atoms with Gasteiger partial charge in [-0.25, -0.2) is 0 Å². The van der Waals surface area contributed by atoms with Gasteiger partial charge in [0.25, 0.3) is 11.6 Å². The number of nitrogens with zero attached hydrogens (tertiary/aromatic N) is 2. The molecule has 1 aromatic heterocycles. The third-order valence-corrected chi connectivity index (χ3v) is 3.44. The summed E-state index contributed by atoms with van der Waals surface area (Å²) in [6.07, 6.45) is 3.27. The zero-order valence-electron chi connectivity index (χ0n) is 14.1. The van der Waals surface area contributed by atoms with Crippen molar-refractivity contribution >= 4 is 17.3 Å². The topological polar surface area (TPSA) is 104 Å². The highest BCUT2D eigenvalue weighted by Gasteiger charge is 2.07. The number of benzene rings is 2. The second-order valence-corrected chi connectivity index (χ2v) is 5.40. The van der Waals surface area contributed by atoms with Gasteiger partial charge < -0.3 is 14.8 Å². The molecule has 1 heterocycles. The Kier molecular flexibility index (Phi) is 5.58. The summed E-state index contributed by atoms with van der Waals surface area (Å²) in [6, 6.07) is 15.9. The van der Waals surface area contributed by atoms with Gasteiger partial charge in [-0.1, -0.05) is 0 Å². The van der Waals surface area contributed by atoms with Crippen LogP contribution in [0.15, 0.2) is 73.1 Å². The highest BCUT2D eigenvalue weighted by molar-refractivity contribution is 5.91. The van der Waals surface area contributed by atoms with Gasteiger partial charge in [0.05, 0.1) is 4.92 Å². The van der Waals surface area contributed by atoms with Crippen LogP contribution in [0, 0.1) is 10.1 Å². The molecule has 0 bridgehead atoms. The van der Waals surface area contributed by atoms with Crippen LogP contribution >= 0.6 is 0 Å². The number of ether oxygens (including phenoxy) is 2. The number of carbonyl (C=O) groups excluding carboxylic acids is 1. The van der Waals surface area contributed by atoms with Crippen molar-refractivity contribution in [3.05, 3.63) is 83.2 Å². The Hall–Kier alpha value is -3.94. The lowest BCUT2D eigenvalue weighted by atomic mass is 10.3. The van der Waals surface area contributed by atoms with Crippen LogP contribution in [-0.2, 0) is 4.79 Å². The summed E-state index contributed by atoms with van der Waals surface area (Å²) in [5, 5.41) is 13.3.